The standard InChI is InChI=1S/C2H6S.CH4O4S.Y/c1-3-2;1-5-6(2,3)4;/h1-2H3;1H3,(H,2,3,4);/p+1. The van der Waals surface area contributed by atoms with Crippen LogP contribution < -0.4 is 0 Å². The van der Waals surface area contributed by atoms with E-state index in [1.54, 1.807) is 0 Å². The second-order valence-electron chi connectivity index (χ2n) is 1.04. The van der Waals surface area contributed by atoms with Crippen molar-refractivity contribution in [1.82, 2.24) is 0 Å². The zero-order valence-corrected chi connectivity index (χ0v) is 10.7. The topological polar surface area (TPSA) is 63.6 Å². The van der Waals surface area contributed by atoms with Crippen molar-refractivity contribution in [3.8, 4) is 0 Å². The van der Waals surface area contributed by atoms with Crippen molar-refractivity contribution in [2.45, 2.75) is 0 Å². The molecule has 61 valence electrons. The van der Waals surface area contributed by atoms with Crippen LogP contribution in [0, 0.1) is 0 Å². The maximum atomic E-state index is 9.33. The summed E-state index contributed by atoms with van der Waals surface area (Å²) in [5.74, 6) is 0. The molecule has 0 heterocycles. The normalized spacial score (nSPS) is 8.80. The Morgan fingerprint density at radius 2 is 1.50 bits per heavy atom. The van der Waals surface area contributed by atoms with Crippen LogP contribution in [0.25, 0.3) is 0 Å². The molecule has 0 spiro atoms. The fourth-order valence-electron chi connectivity index (χ4n) is 0. The van der Waals surface area contributed by atoms with E-state index >= 15 is 0 Å². The van der Waals surface area contributed by atoms with Crippen molar-refractivity contribution in [2.24, 2.45) is 0 Å². The van der Waals surface area contributed by atoms with Crippen LogP contribution in [-0.2, 0) is 59.1 Å². The third-order valence-electron chi connectivity index (χ3n) is 0.211. The summed E-state index contributed by atoms with van der Waals surface area (Å²) in [5, 5.41) is 0. The van der Waals surface area contributed by atoms with Crippen molar-refractivity contribution in [3.05, 3.63) is 0 Å². The van der Waals surface area contributed by atoms with E-state index in [4.69, 9.17) is 4.55 Å². The first kappa shape index (κ1) is 17.4. The first-order chi connectivity index (χ1) is 3.97. The average molecular weight is 264 g/mol. The van der Waals surface area contributed by atoms with Gasteiger partial charge < -0.3 is 0 Å². The third kappa shape index (κ3) is 34.6. The van der Waals surface area contributed by atoms with E-state index in [-0.39, 0.29) is 32.7 Å². The van der Waals surface area contributed by atoms with E-state index in [2.05, 4.69) is 16.7 Å². The summed E-state index contributed by atoms with van der Waals surface area (Å²) >= 11 is 1.42. The van der Waals surface area contributed by atoms with E-state index < -0.39 is 10.4 Å². The van der Waals surface area contributed by atoms with Crippen molar-refractivity contribution in [2.75, 3.05) is 19.6 Å². The summed E-state index contributed by atoms with van der Waals surface area (Å²) in [5.41, 5.74) is 0. The minimum atomic E-state index is -4.16. The van der Waals surface area contributed by atoms with Gasteiger partial charge in [-0.2, -0.15) is 8.42 Å². The van der Waals surface area contributed by atoms with Crippen LogP contribution in [0.1, 0.15) is 0 Å². The maximum Gasteiger partial charge on any atom is 0.397 e. The molecule has 0 fully saturated rings. The average Bonchev–Trinajstić information content (AvgIpc) is 1.67. The van der Waals surface area contributed by atoms with Crippen molar-refractivity contribution in [1.29, 1.82) is 0 Å². The van der Waals surface area contributed by atoms with Gasteiger partial charge in [-0.1, -0.05) is 0 Å². The third-order valence-corrected chi connectivity index (χ3v) is 0.632. The van der Waals surface area contributed by atoms with E-state index in [1.807, 2.05) is 0 Å². The van der Waals surface area contributed by atoms with Crippen molar-refractivity contribution >= 4 is 22.2 Å². The summed E-state index contributed by atoms with van der Waals surface area (Å²) in [7, 11) is -3.29. The zero-order chi connectivity index (χ0) is 7.91. The zero-order valence-electron chi connectivity index (χ0n) is 6.10. The van der Waals surface area contributed by atoms with Crippen LogP contribution in [0.15, 0.2) is 0 Å². The summed E-state index contributed by atoms with van der Waals surface area (Å²) in [6.07, 6.45) is 4.19. The van der Waals surface area contributed by atoms with Gasteiger partial charge in [0.25, 0.3) is 0 Å². The fraction of sp³-hybridized carbons (Fsp3) is 1.00. The molecule has 0 saturated heterocycles. The molecule has 0 atom stereocenters. The predicted molar refractivity (Wildman–Crippen MR) is 39.2 cm³/mol. The van der Waals surface area contributed by atoms with Crippen LogP contribution in [0.3, 0.4) is 0 Å². The Bertz CT molecular complexity index is 131. The molecular weight excluding hydrogens is 253 g/mol. The summed E-state index contributed by atoms with van der Waals surface area (Å²) in [4.78, 5) is 0. The molecule has 0 saturated carbocycles. The van der Waals surface area contributed by atoms with Crippen molar-refractivity contribution < 1.29 is 49.9 Å². The largest absolute Gasteiger partial charge is 0.397 e. The number of thiol groups is 1. The minimum absolute atomic E-state index is 0. The molecule has 0 aliphatic heterocycles. The van der Waals surface area contributed by atoms with Crippen LogP contribution >= 0.6 is 0 Å². The van der Waals surface area contributed by atoms with Gasteiger partial charge in [0.2, 0.25) is 0 Å². The van der Waals surface area contributed by atoms with Crippen molar-refractivity contribution in [3.63, 3.8) is 0 Å². The Kier molecular flexibility index (Phi) is 18.0. The molecule has 0 aliphatic carbocycles. The number of hydrogen-bond acceptors (Lipinski definition) is 3. The van der Waals surface area contributed by atoms with Gasteiger partial charge in [-0.3, -0.25) is 8.74 Å². The summed E-state index contributed by atoms with van der Waals surface area (Å²) in [6.45, 7) is 0. The second kappa shape index (κ2) is 10.3. The monoisotopic (exact) mass is 264 g/mol. The maximum absolute atomic E-state index is 9.33. The van der Waals surface area contributed by atoms with E-state index in [9.17, 15) is 8.42 Å². The second-order valence-corrected chi connectivity index (χ2v) is 3.12. The van der Waals surface area contributed by atoms with Gasteiger partial charge in [-0.05, 0) is 11.8 Å². The van der Waals surface area contributed by atoms with Gasteiger partial charge >= 0.3 is 10.4 Å². The van der Waals surface area contributed by atoms with Crippen LogP contribution in [0.2, 0.25) is 0 Å². The molecule has 0 amide bonds. The molecule has 0 aromatic rings. The smallest absolute Gasteiger partial charge is 0.264 e. The van der Waals surface area contributed by atoms with Crippen LogP contribution in [0.5, 0.6) is 0 Å². The molecule has 4 nitrogen and oxygen atoms in total. The van der Waals surface area contributed by atoms with Crippen LogP contribution in [-0.4, -0.2) is 32.6 Å². The molecular formula is C3H11O4S2Y+. The molecule has 0 aliphatic rings. The quantitative estimate of drug-likeness (QED) is 0.394. The van der Waals surface area contributed by atoms with Gasteiger partial charge in [0, 0.05) is 32.7 Å². The minimum Gasteiger partial charge on any atom is -0.264 e. The summed E-state index contributed by atoms with van der Waals surface area (Å²) < 4.78 is 29.7. The number of rotatable bonds is 1. The molecule has 1 radical (unpaired) electrons. The fourth-order valence-corrected chi connectivity index (χ4v) is 0. The first-order valence-corrected chi connectivity index (χ1v) is 5.14. The Hall–Kier alpha value is 1.32. The van der Waals surface area contributed by atoms with E-state index in [0.29, 0.717) is 0 Å². The van der Waals surface area contributed by atoms with Gasteiger partial charge in [0.1, 0.15) is 0 Å². The number of hydrogen-bond donors (Lipinski definition) is 1. The summed E-state index contributed by atoms with van der Waals surface area (Å²) in [6, 6.07) is 0. The van der Waals surface area contributed by atoms with Gasteiger partial charge in [-0.25, -0.2) is 0 Å². The molecule has 0 unspecified atom stereocenters. The molecule has 0 aromatic carbocycles. The molecule has 0 aromatic heterocycles. The van der Waals surface area contributed by atoms with Gasteiger partial charge in [0.05, 0.1) is 19.6 Å². The first-order valence-electron chi connectivity index (χ1n) is 1.99. The van der Waals surface area contributed by atoms with E-state index in [0.717, 1.165) is 7.11 Å². The van der Waals surface area contributed by atoms with Gasteiger partial charge in [-0.15, -0.1) is 0 Å². The Morgan fingerprint density at radius 3 is 1.50 bits per heavy atom. The van der Waals surface area contributed by atoms with Crippen LogP contribution in [0.4, 0.5) is 0 Å². The molecule has 0 rings (SSSR count). The Balaban J connectivity index is -0.000000107. The Morgan fingerprint density at radius 1 is 1.40 bits per heavy atom. The molecule has 7 heteroatoms. The molecule has 0 bridgehead atoms. The predicted octanol–water partition coefficient (Wildman–Crippen LogP) is -0.506. The molecule has 1 N–H and O–H groups in total. The van der Waals surface area contributed by atoms with E-state index in [1.165, 1.54) is 11.8 Å². The Labute approximate surface area is 90.9 Å². The van der Waals surface area contributed by atoms with Gasteiger partial charge in [0.15, 0.2) is 0 Å². The SMILES string of the molecule is COS(=O)(=O)O.C[SH+]C.[Y]. The molecule has 10 heavy (non-hydrogen) atoms.